The van der Waals surface area contributed by atoms with Crippen molar-refractivity contribution < 1.29 is 4.42 Å². The zero-order valence-electron chi connectivity index (χ0n) is 19.7. The fourth-order valence-corrected chi connectivity index (χ4v) is 5.07. The maximum atomic E-state index is 6.21. The molecule has 6 aromatic rings. The Bertz CT molecular complexity index is 1730. The van der Waals surface area contributed by atoms with Crippen LogP contribution in [0.15, 0.2) is 126 Å². The van der Waals surface area contributed by atoms with E-state index >= 15 is 0 Å². The van der Waals surface area contributed by atoms with Crippen molar-refractivity contribution in [3.8, 4) is 11.1 Å². The Labute approximate surface area is 209 Å². The molecular formula is C33H24N2O. The first-order valence-corrected chi connectivity index (χ1v) is 12.2. The number of nitrogens with one attached hydrogen (secondary N) is 1. The Balaban J connectivity index is 1.38. The smallest absolute Gasteiger partial charge is 0.201 e. The van der Waals surface area contributed by atoms with Gasteiger partial charge in [0, 0.05) is 40.6 Å². The quantitative estimate of drug-likeness (QED) is 0.282. The number of hydrogen-bond donors (Lipinski definition) is 1. The van der Waals surface area contributed by atoms with Gasteiger partial charge >= 0.3 is 0 Å². The molecule has 3 heteroatoms. The Morgan fingerprint density at radius 1 is 0.611 bits per heavy atom. The number of fused-ring (bicyclic) bond motifs is 4. The van der Waals surface area contributed by atoms with Crippen molar-refractivity contribution >= 4 is 50.8 Å². The fourth-order valence-electron chi connectivity index (χ4n) is 5.07. The molecule has 0 saturated carbocycles. The highest BCUT2D eigenvalue weighted by Crippen LogP contribution is 2.40. The number of nitrogens with zero attached hydrogens (tertiary/aromatic N) is 1. The van der Waals surface area contributed by atoms with Crippen LogP contribution in [0.4, 0.5) is 22.9 Å². The molecule has 0 aliphatic carbocycles. The zero-order chi connectivity index (χ0) is 23.9. The topological polar surface area (TPSA) is 28.4 Å². The molecule has 0 amide bonds. The van der Waals surface area contributed by atoms with Crippen molar-refractivity contribution in [2.45, 2.75) is 0 Å². The molecule has 7 rings (SSSR count). The maximum absolute atomic E-state index is 6.21. The maximum Gasteiger partial charge on any atom is 0.201 e. The highest BCUT2D eigenvalue weighted by atomic mass is 16.3. The summed E-state index contributed by atoms with van der Waals surface area (Å²) in [5, 5.41) is 6.90. The van der Waals surface area contributed by atoms with Crippen LogP contribution in [0, 0.1) is 0 Å². The summed E-state index contributed by atoms with van der Waals surface area (Å²) >= 11 is 0. The summed E-state index contributed by atoms with van der Waals surface area (Å²) in [6.45, 7) is 0.788. The standard InChI is InChI=1S/C33H24N2O/c1-2-7-23(8-3-1)25-12-15-27(16-13-25)35(28-17-14-24-9-4-5-10-26(24)21-28)29-18-19-30-31-11-6-20-34-33(31)36-32(30)22-29/h1-19,21-22,34H,20H2. The predicted molar refractivity (Wildman–Crippen MR) is 151 cm³/mol. The molecule has 0 unspecified atom stereocenters. The lowest BCUT2D eigenvalue weighted by atomic mass is 10.0. The molecule has 1 aromatic heterocycles. The van der Waals surface area contributed by atoms with Gasteiger partial charge in [-0.25, -0.2) is 0 Å². The lowest BCUT2D eigenvalue weighted by Gasteiger charge is -2.26. The zero-order valence-corrected chi connectivity index (χ0v) is 19.7. The minimum absolute atomic E-state index is 0.788. The second-order valence-corrected chi connectivity index (χ2v) is 9.09. The third-order valence-corrected chi connectivity index (χ3v) is 6.86. The monoisotopic (exact) mass is 464 g/mol. The number of furan rings is 1. The first kappa shape index (κ1) is 20.6. The number of rotatable bonds is 4. The molecule has 0 saturated heterocycles. The Hall–Kier alpha value is -4.76. The van der Waals surface area contributed by atoms with Gasteiger partial charge in [-0.1, -0.05) is 84.9 Å². The summed E-state index contributed by atoms with van der Waals surface area (Å²) in [7, 11) is 0. The van der Waals surface area contributed by atoms with Gasteiger partial charge in [0.25, 0.3) is 0 Å². The van der Waals surface area contributed by atoms with Crippen LogP contribution in [-0.2, 0) is 0 Å². The minimum atomic E-state index is 0.788. The third kappa shape index (κ3) is 3.53. The van der Waals surface area contributed by atoms with Gasteiger partial charge in [0.15, 0.2) is 0 Å². The van der Waals surface area contributed by atoms with Crippen LogP contribution in [0.2, 0.25) is 0 Å². The van der Waals surface area contributed by atoms with Gasteiger partial charge in [-0.2, -0.15) is 0 Å². The van der Waals surface area contributed by atoms with Gasteiger partial charge in [0.05, 0.1) is 0 Å². The van der Waals surface area contributed by atoms with Crippen LogP contribution >= 0.6 is 0 Å². The molecule has 3 nitrogen and oxygen atoms in total. The largest absolute Gasteiger partial charge is 0.440 e. The summed E-state index contributed by atoms with van der Waals surface area (Å²) in [5.41, 5.74) is 7.67. The molecule has 5 aromatic carbocycles. The highest BCUT2D eigenvalue weighted by Gasteiger charge is 2.18. The first-order chi connectivity index (χ1) is 17.8. The van der Waals surface area contributed by atoms with Crippen LogP contribution in [0.3, 0.4) is 0 Å². The molecule has 172 valence electrons. The fraction of sp³-hybridized carbons (Fsp3) is 0.0303. The molecule has 0 spiro atoms. The van der Waals surface area contributed by atoms with Gasteiger partial charge in [-0.15, -0.1) is 0 Å². The molecule has 1 N–H and O–H groups in total. The highest BCUT2D eigenvalue weighted by molar-refractivity contribution is 5.97. The molecule has 1 aliphatic rings. The Morgan fingerprint density at radius 3 is 2.17 bits per heavy atom. The van der Waals surface area contributed by atoms with Crippen molar-refractivity contribution in [1.29, 1.82) is 0 Å². The van der Waals surface area contributed by atoms with E-state index < -0.39 is 0 Å². The lowest BCUT2D eigenvalue weighted by Crippen LogP contribution is -2.09. The Morgan fingerprint density at radius 2 is 1.31 bits per heavy atom. The summed E-state index contributed by atoms with van der Waals surface area (Å²) in [4.78, 5) is 2.30. The van der Waals surface area contributed by atoms with Gasteiger partial charge in [0.2, 0.25) is 5.88 Å². The number of benzene rings is 5. The van der Waals surface area contributed by atoms with E-state index in [1.54, 1.807) is 0 Å². The van der Waals surface area contributed by atoms with E-state index in [9.17, 15) is 0 Å². The predicted octanol–water partition coefficient (Wildman–Crippen LogP) is 9.16. The molecule has 0 radical (unpaired) electrons. The lowest BCUT2D eigenvalue weighted by molar-refractivity contribution is 0.628. The van der Waals surface area contributed by atoms with Crippen molar-refractivity contribution in [3.63, 3.8) is 0 Å². The van der Waals surface area contributed by atoms with Gasteiger partial charge < -0.3 is 14.6 Å². The van der Waals surface area contributed by atoms with E-state index in [0.717, 1.165) is 46.0 Å². The number of anilines is 4. The second kappa shape index (κ2) is 8.47. The van der Waals surface area contributed by atoms with Crippen LogP contribution in [0.1, 0.15) is 5.56 Å². The molecule has 1 aliphatic heterocycles. The average Bonchev–Trinajstić information content (AvgIpc) is 3.32. The first-order valence-electron chi connectivity index (χ1n) is 12.2. The number of hydrogen-bond acceptors (Lipinski definition) is 3. The van der Waals surface area contributed by atoms with Crippen LogP contribution < -0.4 is 10.2 Å². The third-order valence-electron chi connectivity index (χ3n) is 6.86. The van der Waals surface area contributed by atoms with E-state index in [0.29, 0.717) is 0 Å². The van der Waals surface area contributed by atoms with E-state index in [2.05, 4.69) is 132 Å². The van der Waals surface area contributed by atoms with Gasteiger partial charge in [-0.3, -0.25) is 0 Å². The SMILES string of the molecule is C1=Cc2c(oc3cc(N(c4ccc(-c5ccccc5)cc4)c4ccc5ccccc5c4)ccc23)NC1. The van der Waals surface area contributed by atoms with Gasteiger partial charge in [-0.05, 0) is 58.3 Å². The van der Waals surface area contributed by atoms with E-state index in [-0.39, 0.29) is 0 Å². The summed E-state index contributed by atoms with van der Waals surface area (Å²) < 4.78 is 6.21. The normalized spacial score (nSPS) is 12.4. The van der Waals surface area contributed by atoms with Crippen LogP contribution in [0.5, 0.6) is 0 Å². The van der Waals surface area contributed by atoms with E-state index in [1.165, 1.54) is 21.9 Å². The van der Waals surface area contributed by atoms with E-state index in [1.807, 2.05) is 6.07 Å². The molecular weight excluding hydrogens is 440 g/mol. The second-order valence-electron chi connectivity index (χ2n) is 9.09. The van der Waals surface area contributed by atoms with Crippen LogP contribution in [-0.4, -0.2) is 6.54 Å². The summed E-state index contributed by atoms with van der Waals surface area (Å²) in [5.74, 6) is 0.842. The van der Waals surface area contributed by atoms with Crippen molar-refractivity contribution in [3.05, 3.63) is 127 Å². The van der Waals surface area contributed by atoms with Crippen LogP contribution in [0.25, 0.3) is 38.9 Å². The molecule has 0 fully saturated rings. The Kier molecular flexibility index (Phi) is 4.85. The molecule has 0 bridgehead atoms. The van der Waals surface area contributed by atoms with Crippen molar-refractivity contribution in [2.75, 3.05) is 16.8 Å². The molecule has 0 atom stereocenters. The summed E-state index contributed by atoms with van der Waals surface area (Å²) in [6, 6.07) is 40.9. The van der Waals surface area contributed by atoms with E-state index in [4.69, 9.17) is 4.42 Å². The average molecular weight is 465 g/mol. The van der Waals surface area contributed by atoms with Crippen molar-refractivity contribution in [1.82, 2.24) is 0 Å². The van der Waals surface area contributed by atoms with Crippen molar-refractivity contribution in [2.24, 2.45) is 0 Å². The molecule has 2 heterocycles. The van der Waals surface area contributed by atoms with Gasteiger partial charge in [0.1, 0.15) is 5.58 Å². The summed E-state index contributed by atoms with van der Waals surface area (Å²) in [6.07, 6.45) is 4.27. The molecule has 36 heavy (non-hydrogen) atoms. The minimum Gasteiger partial charge on any atom is -0.440 e.